The molecule has 1 aromatic rings. The van der Waals surface area contributed by atoms with Crippen LogP contribution in [-0.2, 0) is 6.42 Å². The fourth-order valence-electron chi connectivity index (χ4n) is 1.86. The standard InChI is InChI=1S/C12H21N3O/c1-8(9-6-13-7-9)11-14-10(15-16-11)5-12(2,3)4/h8-9,13H,5-7H2,1-4H3. The summed E-state index contributed by atoms with van der Waals surface area (Å²) in [5, 5.41) is 7.32. The highest BCUT2D eigenvalue weighted by Gasteiger charge is 2.29. The summed E-state index contributed by atoms with van der Waals surface area (Å²) >= 11 is 0. The first-order valence-electron chi connectivity index (χ1n) is 5.99. The molecular weight excluding hydrogens is 202 g/mol. The highest BCUT2D eigenvalue weighted by molar-refractivity contribution is 4.99. The first-order valence-corrected chi connectivity index (χ1v) is 5.99. The van der Waals surface area contributed by atoms with E-state index in [4.69, 9.17) is 4.52 Å². The average Bonchev–Trinajstić information content (AvgIpc) is 2.45. The minimum Gasteiger partial charge on any atom is -0.339 e. The molecule has 2 rings (SSSR count). The van der Waals surface area contributed by atoms with Gasteiger partial charge in [-0.25, -0.2) is 0 Å². The molecule has 1 N–H and O–H groups in total. The summed E-state index contributed by atoms with van der Waals surface area (Å²) < 4.78 is 5.34. The Balaban J connectivity index is 2.01. The van der Waals surface area contributed by atoms with Crippen LogP contribution in [0.4, 0.5) is 0 Å². The van der Waals surface area contributed by atoms with Crippen molar-refractivity contribution in [2.75, 3.05) is 13.1 Å². The summed E-state index contributed by atoms with van der Waals surface area (Å²) in [6, 6.07) is 0. The molecule has 0 bridgehead atoms. The van der Waals surface area contributed by atoms with Crippen LogP contribution < -0.4 is 5.32 Å². The Hall–Kier alpha value is -0.900. The molecule has 1 aliphatic heterocycles. The van der Waals surface area contributed by atoms with Crippen LogP contribution in [0.25, 0.3) is 0 Å². The molecule has 16 heavy (non-hydrogen) atoms. The van der Waals surface area contributed by atoms with Crippen LogP contribution in [0.5, 0.6) is 0 Å². The minimum atomic E-state index is 0.211. The van der Waals surface area contributed by atoms with Crippen LogP contribution in [0.15, 0.2) is 4.52 Å². The molecule has 1 atom stereocenters. The lowest BCUT2D eigenvalue weighted by molar-refractivity contribution is 0.251. The second-order valence-corrected chi connectivity index (χ2v) is 5.99. The van der Waals surface area contributed by atoms with Gasteiger partial charge in [0.05, 0.1) is 0 Å². The predicted octanol–water partition coefficient (Wildman–Crippen LogP) is 1.98. The van der Waals surface area contributed by atoms with Crippen molar-refractivity contribution in [3.05, 3.63) is 11.7 Å². The van der Waals surface area contributed by atoms with Crippen molar-refractivity contribution in [1.82, 2.24) is 15.5 Å². The summed E-state index contributed by atoms with van der Waals surface area (Å²) in [6.45, 7) is 10.9. The number of hydrogen-bond donors (Lipinski definition) is 1. The molecule has 1 aromatic heterocycles. The fourth-order valence-corrected chi connectivity index (χ4v) is 1.86. The molecule has 0 aliphatic carbocycles. The van der Waals surface area contributed by atoms with Crippen LogP contribution in [0.2, 0.25) is 0 Å². The van der Waals surface area contributed by atoms with Gasteiger partial charge in [0.1, 0.15) is 0 Å². The second kappa shape index (κ2) is 4.17. The molecule has 0 spiro atoms. The number of hydrogen-bond acceptors (Lipinski definition) is 4. The first kappa shape index (κ1) is 11.6. The second-order valence-electron chi connectivity index (χ2n) is 5.99. The SMILES string of the molecule is CC(c1nc(CC(C)(C)C)no1)C1CNC1. The molecular formula is C12H21N3O. The lowest BCUT2D eigenvalue weighted by Crippen LogP contribution is -2.44. The van der Waals surface area contributed by atoms with Gasteiger partial charge in [0.2, 0.25) is 5.89 Å². The smallest absolute Gasteiger partial charge is 0.229 e. The molecule has 1 saturated heterocycles. The Labute approximate surface area is 96.8 Å². The van der Waals surface area contributed by atoms with Crippen LogP contribution in [-0.4, -0.2) is 23.2 Å². The van der Waals surface area contributed by atoms with Gasteiger partial charge in [-0.15, -0.1) is 0 Å². The van der Waals surface area contributed by atoms with E-state index in [1.807, 2.05) is 0 Å². The van der Waals surface area contributed by atoms with Gasteiger partial charge < -0.3 is 9.84 Å². The summed E-state index contributed by atoms with van der Waals surface area (Å²) in [4.78, 5) is 4.49. The van der Waals surface area contributed by atoms with Crippen LogP contribution in [0.1, 0.15) is 45.3 Å². The highest BCUT2D eigenvalue weighted by atomic mass is 16.5. The van der Waals surface area contributed by atoms with E-state index in [1.54, 1.807) is 0 Å². The number of rotatable bonds is 3. The van der Waals surface area contributed by atoms with Gasteiger partial charge >= 0.3 is 0 Å². The maximum absolute atomic E-state index is 5.34. The highest BCUT2D eigenvalue weighted by Crippen LogP contribution is 2.26. The van der Waals surface area contributed by atoms with Crippen molar-refractivity contribution in [3.63, 3.8) is 0 Å². The summed E-state index contributed by atoms with van der Waals surface area (Å²) in [7, 11) is 0. The van der Waals surface area contributed by atoms with Gasteiger partial charge in [-0.05, 0) is 24.4 Å². The topological polar surface area (TPSA) is 51.0 Å². The van der Waals surface area contributed by atoms with Crippen molar-refractivity contribution in [3.8, 4) is 0 Å². The maximum atomic E-state index is 5.34. The fraction of sp³-hybridized carbons (Fsp3) is 0.833. The molecule has 0 aromatic carbocycles. The van der Waals surface area contributed by atoms with Gasteiger partial charge in [0.25, 0.3) is 0 Å². The normalized spacial score (nSPS) is 19.5. The average molecular weight is 223 g/mol. The zero-order chi connectivity index (χ0) is 11.8. The van der Waals surface area contributed by atoms with Crippen LogP contribution in [0, 0.1) is 11.3 Å². The van der Waals surface area contributed by atoms with Gasteiger partial charge in [-0.1, -0.05) is 32.9 Å². The Bertz CT molecular complexity index is 349. The van der Waals surface area contributed by atoms with Crippen molar-refractivity contribution in [1.29, 1.82) is 0 Å². The van der Waals surface area contributed by atoms with Gasteiger partial charge in [0.15, 0.2) is 5.82 Å². The number of nitrogens with zero attached hydrogens (tertiary/aromatic N) is 2. The van der Waals surface area contributed by atoms with Crippen molar-refractivity contribution >= 4 is 0 Å². The molecule has 1 fully saturated rings. The number of aromatic nitrogens is 2. The monoisotopic (exact) mass is 223 g/mol. The zero-order valence-electron chi connectivity index (χ0n) is 10.6. The molecule has 0 amide bonds. The van der Waals surface area contributed by atoms with Crippen molar-refractivity contribution < 1.29 is 4.52 Å². The molecule has 90 valence electrons. The molecule has 0 radical (unpaired) electrons. The molecule has 1 unspecified atom stereocenters. The van der Waals surface area contributed by atoms with E-state index in [9.17, 15) is 0 Å². The van der Waals surface area contributed by atoms with Crippen LogP contribution in [0.3, 0.4) is 0 Å². The third-order valence-electron chi connectivity index (χ3n) is 3.08. The third-order valence-corrected chi connectivity index (χ3v) is 3.08. The van der Waals surface area contributed by atoms with Gasteiger partial charge in [0, 0.05) is 12.3 Å². The molecule has 0 saturated carbocycles. The molecule has 1 aliphatic rings. The Morgan fingerprint density at radius 3 is 2.62 bits per heavy atom. The molecule has 4 nitrogen and oxygen atoms in total. The summed E-state index contributed by atoms with van der Waals surface area (Å²) in [6.07, 6.45) is 0.867. The number of nitrogens with one attached hydrogen (secondary N) is 1. The minimum absolute atomic E-state index is 0.211. The maximum Gasteiger partial charge on any atom is 0.229 e. The largest absolute Gasteiger partial charge is 0.339 e. The van der Waals surface area contributed by atoms with E-state index < -0.39 is 0 Å². The van der Waals surface area contributed by atoms with Gasteiger partial charge in [-0.2, -0.15) is 4.98 Å². The quantitative estimate of drug-likeness (QED) is 0.851. The van der Waals surface area contributed by atoms with Gasteiger partial charge in [-0.3, -0.25) is 0 Å². The Morgan fingerprint density at radius 1 is 1.44 bits per heavy atom. The Morgan fingerprint density at radius 2 is 2.12 bits per heavy atom. The summed E-state index contributed by atoms with van der Waals surface area (Å²) in [5.41, 5.74) is 0.211. The first-order chi connectivity index (χ1) is 7.46. The lowest BCUT2D eigenvalue weighted by Gasteiger charge is -2.30. The molecule has 2 heterocycles. The van der Waals surface area contributed by atoms with E-state index in [0.717, 1.165) is 31.2 Å². The van der Waals surface area contributed by atoms with E-state index in [2.05, 4.69) is 43.2 Å². The van der Waals surface area contributed by atoms with Crippen molar-refractivity contribution in [2.24, 2.45) is 11.3 Å². The Kier molecular flexibility index (Phi) is 3.02. The van der Waals surface area contributed by atoms with Crippen LogP contribution >= 0.6 is 0 Å². The zero-order valence-corrected chi connectivity index (χ0v) is 10.6. The third kappa shape index (κ3) is 2.61. The predicted molar refractivity (Wildman–Crippen MR) is 62.2 cm³/mol. The van der Waals surface area contributed by atoms with E-state index in [1.165, 1.54) is 0 Å². The lowest BCUT2D eigenvalue weighted by atomic mass is 9.89. The van der Waals surface area contributed by atoms with E-state index in [0.29, 0.717) is 11.8 Å². The molecule has 4 heteroatoms. The summed E-state index contributed by atoms with van der Waals surface area (Å²) in [5.74, 6) is 2.66. The van der Waals surface area contributed by atoms with E-state index >= 15 is 0 Å². The van der Waals surface area contributed by atoms with Crippen molar-refractivity contribution in [2.45, 2.75) is 40.0 Å². The van der Waals surface area contributed by atoms with E-state index in [-0.39, 0.29) is 5.41 Å².